The second kappa shape index (κ2) is 51.6. The molecule has 5 atom stereocenters. The number of Topliss-reactive ketones (excluding diaryl/α,β-unsaturated/α-hetero) is 1. The molecule has 2 rings (SSSR count). The Bertz CT molecular complexity index is 2830. The van der Waals surface area contributed by atoms with Gasteiger partial charge in [-0.15, -0.1) is 5.48 Å². The fourth-order valence-corrected chi connectivity index (χ4v) is 9.14. The Hall–Kier alpha value is -7.63. The van der Waals surface area contributed by atoms with E-state index in [1.807, 2.05) is 49.7 Å². The highest BCUT2D eigenvalue weighted by Gasteiger charge is 2.30. The summed E-state index contributed by atoms with van der Waals surface area (Å²) in [6.45, 7) is 5.89. The van der Waals surface area contributed by atoms with Gasteiger partial charge in [-0.3, -0.25) is 62.3 Å². The number of carbonyl (C=O) groups is 13. The highest BCUT2D eigenvalue weighted by molar-refractivity contribution is 14.2. The number of halogens is 1. The summed E-state index contributed by atoms with van der Waals surface area (Å²) in [5.74, 6) is -7.36. The molecule has 0 aliphatic heterocycles. The van der Waals surface area contributed by atoms with Gasteiger partial charge in [0.15, 0.2) is 0 Å². The smallest absolute Gasteiger partial charge is 0.246 e. The van der Waals surface area contributed by atoms with E-state index in [1.54, 1.807) is 60.7 Å². The summed E-state index contributed by atoms with van der Waals surface area (Å²) in [5.41, 5.74) is 1.22. The van der Waals surface area contributed by atoms with Gasteiger partial charge in [0, 0.05) is 46.0 Å². The van der Waals surface area contributed by atoms with Crippen LogP contribution in [0.5, 0.6) is 0 Å². The number of benzene rings is 2. The lowest BCUT2D eigenvalue weighted by Crippen LogP contribution is -2.56. The van der Waals surface area contributed by atoms with Gasteiger partial charge in [-0.1, -0.05) is 88.4 Å². The molecular formula is C63H95IN12O20P-. The fourth-order valence-electron chi connectivity index (χ4n) is 8.49. The Morgan fingerprint density at radius 1 is 0.412 bits per heavy atom. The second-order valence-corrected chi connectivity index (χ2v) is 24.7. The maximum absolute atomic E-state index is 13.6. The molecule has 0 aliphatic carbocycles. The Kier molecular flexibility index (Phi) is 45.4. The maximum atomic E-state index is 13.6. The predicted molar refractivity (Wildman–Crippen MR) is 362 cm³/mol. The van der Waals surface area contributed by atoms with Crippen molar-refractivity contribution in [3.8, 4) is 0 Å². The number of ketones is 1. The van der Waals surface area contributed by atoms with Crippen LogP contribution in [0.1, 0.15) is 71.4 Å². The summed E-state index contributed by atoms with van der Waals surface area (Å²) in [5, 5.41) is 42.5. The number of methoxy groups -OCH3 is 1. The number of hydrogen-bond acceptors (Lipinski definition) is 20. The van der Waals surface area contributed by atoms with Gasteiger partial charge < -0.3 is 97.3 Å². The minimum Gasteiger partial charge on any atom is -0.825 e. The third kappa shape index (κ3) is 42.6. The summed E-state index contributed by atoms with van der Waals surface area (Å²) >= 11 is 1.86. The summed E-state index contributed by atoms with van der Waals surface area (Å²) in [4.78, 5) is 167. The van der Waals surface area contributed by atoms with E-state index in [-0.39, 0.29) is 147 Å². The van der Waals surface area contributed by atoms with E-state index in [4.69, 9.17) is 28.4 Å². The molecule has 0 aliphatic rings. The Balaban J connectivity index is 1.81. The van der Waals surface area contributed by atoms with E-state index < -0.39 is 134 Å². The van der Waals surface area contributed by atoms with Gasteiger partial charge in [0.05, 0.1) is 79.0 Å². The number of carbonyl (C=O) groups excluding carboxylic acids is 13. The van der Waals surface area contributed by atoms with Crippen molar-refractivity contribution >= 4 is 110 Å². The first-order valence-corrected chi connectivity index (χ1v) is 35.3. The van der Waals surface area contributed by atoms with Crippen molar-refractivity contribution in [2.75, 3.05) is 126 Å². The SMILES string of the molecule is COCCOCC(=O)NCC(=O)NC(CCC(=O)NCCOCCOCC(=O)NCC(=O)NC(Cc1ccccc1)C(=O)NC(CC(C)C)C(=O)NCC(C)=O)C(=O)NCCOCCOCC(=O)NCC(=O)NC(Cc1ccccc1)C(=O)NC(CC(C)C)C(=O)NCC([O-])=PI. The average molecular weight is 1500 g/mol. The topological polar surface area (TPSA) is 445 Å². The molecule has 0 spiro atoms. The van der Waals surface area contributed by atoms with Crippen LogP contribution in [0.2, 0.25) is 0 Å². The van der Waals surface area contributed by atoms with Crippen LogP contribution in [0.25, 0.3) is 0 Å². The van der Waals surface area contributed by atoms with Gasteiger partial charge in [0.25, 0.3) is 0 Å². The number of nitrogens with one attached hydrogen (secondary N) is 12. The van der Waals surface area contributed by atoms with Crippen molar-refractivity contribution in [2.24, 2.45) is 11.8 Å². The zero-order valence-corrected chi connectivity index (χ0v) is 58.8. The van der Waals surface area contributed by atoms with Gasteiger partial charge in [-0.05, 0) is 77.0 Å². The molecule has 34 heteroatoms. The summed E-state index contributed by atoms with van der Waals surface area (Å²) < 4.78 is 31.7. The zero-order chi connectivity index (χ0) is 71.8. The Morgan fingerprint density at radius 3 is 1.20 bits per heavy atom. The lowest BCUT2D eigenvalue weighted by atomic mass is 10.0. The lowest BCUT2D eigenvalue weighted by molar-refractivity contribution is -0.211. The molecule has 0 saturated heterocycles. The maximum Gasteiger partial charge on any atom is 0.246 e. The third-order valence-electron chi connectivity index (χ3n) is 13.2. The normalized spacial score (nSPS) is 12.7. The van der Waals surface area contributed by atoms with Crippen molar-refractivity contribution in [1.82, 2.24) is 63.8 Å². The molecule has 5 unspecified atom stereocenters. The quantitative estimate of drug-likeness (QED) is 0.0175. The van der Waals surface area contributed by atoms with E-state index in [0.717, 1.165) is 5.56 Å². The minimum absolute atomic E-state index is 0.000778. The van der Waals surface area contributed by atoms with Crippen molar-refractivity contribution < 1.29 is 95.9 Å². The van der Waals surface area contributed by atoms with Crippen LogP contribution in [0.15, 0.2) is 60.7 Å². The number of rotatable bonds is 52. The average Bonchev–Trinajstić information content (AvgIpc) is 1.12. The molecular weight excluding hydrogens is 1400 g/mol. The molecule has 0 aromatic heterocycles. The van der Waals surface area contributed by atoms with Crippen molar-refractivity contribution in [3.05, 3.63) is 71.8 Å². The van der Waals surface area contributed by atoms with Crippen LogP contribution in [0, 0.1) is 11.8 Å². The minimum atomic E-state index is -1.23. The molecule has 0 saturated carbocycles. The van der Waals surface area contributed by atoms with Gasteiger partial charge in [-0.25, -0.2) is 0 Å². The van der Waals surface area contributed by atoms with Gasteiger partial charge in [0.2, 0.25) is 70.9 Å². The van der Waals surface area contributed by atoms with Gasteiger partial charge in [0.1, 0.15) is 55.8 Å². The van der Waals surface area contributed by atoms with Gasteiger partial charge >= 0.3 is 0 Å². The number of ether oxygens (including phenoxy) is 6. The van der Waals surface area contributed by atoms with Crippen LogP contribution in [0.4, 0.5) is 0 Å². The zero-order valence-electron chi connectivity index (χ0n) is 55.8. The van der Waals surface area contributed by atoms with Crippen LogP contribution >= 0.6 is 27.9 Å². The summed E-state index contributed by atoms with van der Waals surface area (Å²) in [6, 6.07) is 12.3. The van der Waals surface area contributed by atoms with Crippen LogP contribution in [0.3, 0.4) is 0 Å². The van der Waals surface area contributed by atoms with Crippen molar-refractivity contribution in [1.29, 1.82) is 0 Å². The fraction of sp³-hybridized carbons (Fsp3) is 0.587. The first-order valence-electron chi connectivity index (χ1n) is 31.6. The van der Waals surface area contributed by atoms with E-state index >= 15 is 0 Å². The van der Waals surface area contributed by atoms with Crippen molar-refractivity contribution in [3.63, 3.8) is 0 Å². The molecule has 0 heterocycles. The van der Waals surface area contributed by atoms with E-state index in [1.165, 1.54) is 14.0 Å². The van der Waals surface area contributed by atoms with Crippen molar-refractivity contribution in [2.45, 2.75) is 103 Å². The first kappa shape index (κ1) is 85.5. The molecule has 32 nitrogen and oxygen atoms in total. The molecule has 0 fully saturated rings. The highest BCUT2D eigenvalue weighted by Crippen LogP contribution is 2.11. The highest BCUT2D eigenvalue weighted by atomic mass is 127. The third-order valence-corrected chi connectivity index (χ3v) is 15.2. The number of amides is 12. The second-order valence-electron chi connectivity index (χ2n) is 22.6. The predicted octanol–water partition coefficient (Wildman–Crippen LogP) is -3.31. The Labute approximate surface area is 579 Å². The van der Waals surface area contributed by atoms with Gasteiger partial charge in [-0.2, -0.15) is 0 Å². The summed E-state index contributed by atoms with van der Waals surface area (Å²) in [6.07, 6.45) is 0.288. The van der Waals surface area contributed by atoms with E-state index in [0.29, 0.717) is 11.4 Å². The molecule has 540 valence electrons. The summed E-state index contributed by atoms with van der Waals surface area (Å²) in [7, 11) is 1.46. The number of hydrogen-bond donors (Lipinski definition) is 12. The molecule has 0 bridgehead atoms. The monoisotopic (exact) mass is 1500 g/mol. The molecule has 0 radical (unpaired) electrons. The standard InChI is InChI=1S/C63H96IN12O20P/c1-41(2)29-47(60(87)70-33-43(5)77)75-62(89)49(31-44-13-9-7-10-14-44)73-53(80)35-68-56(83)39-95-27-25-92-21-19-65-51(78)18-17-46(72-52(79)34-67-55(82)38-94-24-23-91-6)59(86)66-20-22-93-26-28-96-40-57(84)69-36-54(81)74-50(32-45-15-11-8-12-16-45)63(90)76-48(30-42(3)4)61(88)71-37-58(85)97-64/h7-16,41-42,46-50,85H,17-40H2,1-6H3,(H,65,78)(H,66,86)(H,67,82)(H,68,83)(H,69,84)(H,70,87)(H,71,88)(H,72,79)(H,73,80)(H,74,81)(H,75,89)(H,76,90)/p-1. The largest absolute Gasteiger partial charge is 0.825 e. The lowest BCUT2D eigenvalue weighted by Gasteiger charge is -2.25. The first-order chi connectivity index (χ1) is 46.4. The van der Waals surface area contributed by atoms with E-state index in [9.17, 15) is 67.4 Å². The molecule has 12 amide bonds. The Morgan fingerprint density at radius 2 is 0.794 bits per heavy atom. The van der Waals surface area contributed by atoms with Crippen LogP contribution in [-0.2, 0) is 104 Å². The molecule has 12 N–H and O–H groups in total. The van der Waals surface area contributed by atoms with E-state index in [2.05, 4.69) is 63.8 Å². The van der Waals surface area contributed by atoms with Crippen LogP contribution < -0.4 is 68.9 Å². The van der Waals surface area contributed by atoms with Crippen LogP contribution in [-0.4, -0.2) is 238 Å². The molecule has 97 heavy (non-hydrogen) atoms. The molecule has 2 aromatic carbocycles. The molecule has 2 aromatic rings.